The van der Waals surface area contributed by atoms with Crippen LogP contribution >= 0.6 is 11.3 Å². The first kappa shape index (κ1) is 16.0. The van der Waals surface area contributed by atoms with E-state index in [4.69, 9.17) is 5.73 Å². The number of hydrogen-bond donors (Lipinski definition) is 1. The van der Waals surface area contributed by atoms with Gasteiger partial charge in [0.2, 0.25) is 0 Å². The van der Waals surface area contributed by atoms with Gasteiger partial charge in [0, 0.05) is 29.3 Å². The highest BCUT2D eigenvalue weighted by Gasteiger charge is 2.18. The fraction of sp³-hybridized carbons (Fsp3) is 0.438. The molecule has 0 spiro atoms. The maximum Gasteiger partial charge on any atom is 0.129 e. The molecule has 5 heteroatoms. The standard InChI is InChI=1S/C16H20F2N2S/c1-16(2,3)14-9-21-15(20-14)8-12(19)6-10-4-5-11(17)7-13(10)18/h4-5,7,9,12H,6,8,19H2,1-3H3. The molecule has 1 atom stereocenters. The van der Waals surface area contributed by atoms with Gasteiger partial charge in [0.15, 0.2) is 0 Å². The first-order valence-corrected chi connectivity index (χ1v) is 7.78. The SMILES string of the molecule is CC(C)(C)c1csc(CC(N)Cc2ccc(F)cc2F)n1. The molecule has 0 aliphatic heterocycles. The maximum absolute atomic E-state index is 13.6. The smallest absolute Gasteiger partial charge is 0.129 e. The minimum absolute atomic E-state index is 0.0158. The quantitative estimate of drug-likeness (QED) is 0.932. The Balaban J connectivity index is 2.01. The van der Waals surface area contributed by atoms with Gasteiger partial charge in [-0.3, -0.25) is 0 Å². The summed E-state index contributed by atoms with van der Waals surface area (Å²) < 4.78 is 26.5. The van der Waals surface area contributed by atoms with E-state index in [2.05, 4.69) is 25.8 Å². The summed E-state index contributed by atoms with van der Waals surface area (Å²) in [4.78, 5) is 4.58. The Morgan fingerprint density at radius 3 is 2.52 bits per heavy atom. The summed E-state index contributed by atoms with van der Waals surface area (Å²) in [5.74, 6) is -1.11. The van der Waals surface area contributed by atoms with Crippen molar-refractivity contribution in [1.29, 1.82) is 0 Å². The molecule has 114 valence electrons. The molecule has 0 fully saturated rings. The summed E-state index contributed by atoms with van der Waals surface area (Å²) in [5, 5.41) is 3.00. The van der Waals surface area contributed by atoms with Crippen LogP contribution in [-0.4, -0.2) is 11.0 Å². The summed E-state index contributed by atoms with van der Waals surface area (Å²) in [6.07, 6.45) is 0.966. The lowest BCUT2D eigenvalue weighted by atomic mass is 9.93. The van der Waals surface area contributed by atoms with E-state index in [-0.39, 0.29) is 11.5 Å². The zero-order valence-corrected chi connectivity index (χ0v) is 13.3. The van der Waals surface area contributed by atoms with Gasteiger partial charge >= 0.3 is 0 Å². The van der Waals surface area contributed by atoms with Crippen molar-refractivity contribution in [2.75, 3.05) is 0 Å². The van der Waals surface area contributed by atoms with E-state index in [1.807, 2.05) is 5.38 Å². The van der Waals surface area contributed by atoms with Crippen LogP contribution in [0.5, 0.6) is 0 Å². The summed E-state index contributed by atoms with van der Waals surface area (Å²) >= 11 is 1.58. The molecule has 1 aromatic heterocycles. The number of benzene rings is 1. The van der Waals surface area contributed by atoms with Gasteiger partial charge in [0.1, 0.15) is 11.6 Å². The van der Waals surface area contributed by atoms with Gasteiger partial charge in [-0.2, -0.15) is 0 Å². The van der Waals surface area contributed by atoms with Crippen molar-refractivity contribution in [1.82, 2.24) is 4.98 Å². The highest BCUT2D eigenvalue weighted by atomic mass is 32.1. The molecule has 0 aliphatic rings. The van der Waals surface area contributed by atoms with Crippen LogP contribution in [0.1, 0.15) is 37.0 Å². The van der Waals surface area contributed by atoms with Crippen molar-refractivity contribution < 1.29 is 8.78 Å². The Bertz CT molecular complexity index is 617. The molecule has 0 radical (unpaired) electrons. The molecule has 0 aliphatic carbocycles. The van der Waals surface area contributed by atoms with E-state index in [1.165, 1.54) is 12.1 Å². The summed E-state index contributed by atoms with van der Waals surface area (Å²) in [6.45, 7) is 6.33. The molecule has 2 rings (SSSR count). The van der Waals surface area contributed by atoms with Crippen molar-refractivity contribution in [2.45, 2.75) is 45.1 Å². The highest BCUT2D eigenvalue weighted by molar-refractivity contribution is 7.09. The van der Waals surface area contributed by atoms with Crippen LogP contribution in [0.15, 0.2) is 23.6 Å². The Morgan fingerprint density at radius 2 is 1.95 bits per heavy atom. The maximum atomic E-state index is 13.6. The predicted molar refractivity (Wildman–Crippen MR) is 82.6 cm³/mol. The number of aromatic nitrogens is 1. The monoisotopic (exact) mass is 310 g/mol. The van der Waals surface area contributed by atoms with E-state index in [0.29, 0.717) is 18.4 Å². The van der Waals surface area contributed by atoms with Crippen molar-refractivity contribution in [2.24, 2.45) is 5.73 Å². The van der Waals surface area contributed by atoms with Gasteiger partial charge in [0.25, 0.3) is 0 Å². The molecule has 0 saturated heterocycles. The fourth-order valence-corrected chi connectivity index (χ4v) is 3.13. The third kappa shape index (κ3) is 4.32. The van der Waals surface area contributed by atoms with Crippen LogP contribution in [0, 0.1) is 11.6 Å². The van der Waals surface area contributed by atoms with Crippen LogP contribution in [-0.2, 0) is 18.3 Å². The summed E-state index contributed by atoms with van der Waals surface area (Å²) in [5.41, 5.74) is 7.57. The average molecular weight is 310 g/mol. The van der Waals surface area contributed by atoms with Gasteiger partial charge in [-0.1, -0.05) is 26.8 Å². The van der Waals surface area contributed by atoms with Crippen LogP contribution in [0.25, 0.3) is 0 Å². The molecule has 1 aromatic carbocycles. The molecule has 0 saturated carbocycles. The molecule has 21 heavy (non-hydrogen) atoms. The Kier molecular flexibility index (Phi) is 4.74. The Hall–Kier alpha value is -1.33. The van der Waals surface area contributed by atoms with Gasteiger partial charge in [0.05, 0.1) is 10.7 Å². The van der Waals surface area contributed by atoms with Crippen molar-refractivity contribution in [3.05, 3.63) is 51.5 Å². The number of thiazole rings is 1. The second-order valence-electron chi connectivity index (χ2n) is 6.28. The second-order valence-corrected chi connectivity index (χ2v) is 7.22. The molecule has 2 N–H and O–H groups in total. The number of nitrogens with two attached hydrogens (primary N) is 1. The van der Waals surface area contributed by atoms with Crippen molar-refractivity contribution in [3.63, 3.8) is 0 Å². The topological polar surface area (TPSA) is 38.9 Å². The molecular formula is C16H20F2N2S. The number of rotatable bonds is 4. The van der Waals surface area contributed by atoms with E-state index < -0.39 is 11.6 Å². The highest BCUT2D eigenvalue weighted by Crippen LogP contribution is 2.24. The minimum atomic E-state index is -0.570. The Labute approximate surface area is 128 Å². The van der Waals surface area contributed by atoms with Crippen LogP contribution < -0.4 is 5.73 Å². The van der Waals surface area contributed by atoms with Crippen LogP contribution in [0.4, 0.5) is 8.78 Å². The molecule has 2 nitrogen and oxygen atoms in total. The number of halogens is 2. The van der Waals surface area contributed by atoms with Crippen LogP contribution in [0.2, 0.25) is 0 Å². The molecule has 0 amide bonds. The summed E-state index contributed by atoms with van der Waals surface area (Å²) in [7, 11) is 0. The zero-order chi connectivity index (χ0) is 15.6. The Morgan fingerprint density at radius 1 is 1.24 bits per heavy atom. The molecular weight excluding hydrogens is 290 g/mol. The third-order valence-electron chi connectivity index (χ3n) is 3.25. The normalized spacial score (nSPS) is 13.4. The molecule has 1 unspecified atom stereocenters. The fourth-order valence-electron chi connectivity index (χ4n) is 2.02. The van der Waals surface area contributed by atoms with Gasteiger partial charge < -0.3 is 5.73 Å². The van der Waals surface area contributed by atoms with Gasteiger partial charge in [-0.05, 0) is 18.1 Å². The van der Waals surface area contributed by atoms with Gasteiger partial charge in [-0.15, -0.1) is 11.3 Å². The van der Waals surface area contributed by atoms with Crippen molar-refractivity contribution in [3.8, 4) is 0 Å². The largest absolute Gasteiger partial charge is 0.327 e. The second kappa shape index (κ2) is 6.20. The third-order valence-corrected chi connectivity index (χ3v) is 4.13. The van der Waals surface area contributed by atoms with E-state index in [9.17, 15) is 8.78 Å². The number of hydrogen-bond acceptors (Lipinski definition) is 3. The predicted octanol–water partition coefficient (Wildman–Crippen LogP) is 3.83. The lowest BCUT2D eigenvalue weighted by molar-refractivity contribution is 0.554. The first-order valence-electron chi connectivity index (χ1n) is 6.90. The molecule has 1 heterocycles. The molecule has 2 aromatic rings. The van der Waals surface area contributed by atoms with Crippen LogP contribution in [0.3, 0.4) is 0 Å². The molecule has 0 bridgehead atoms. The van der Waals surface area contributed by atoms with E-state index >= 15 is 0 Å². The van der Waals surface area contributed by atoms with E-state index in [0.717, 1.165) is 16.8 Å². The lowest BCUT2D eigenvalue weighted by Gasteiger charge is -2.14. The summed E-state index contributed by atoms with van der Waals surface area (Å²) in [6, 6.07) is 3.37. The minimum Gasteiger partial charge on any atom is -0.327 e. The van der Waals surface area contributed by atoms with E-state index in [1.54, 1.807) is 11.3 Å². The van der Waals surface area contributed by atoms with Crippen molar-refractivity contribution >= 4 is 11.3 Å². The zero-order valence-electron chi connectivity index (χ0n) is 12.5. The number of nitrogens with zero attached hydrogens (tertiary/aromatic N) is 1. The lowest BCUT2D eigenvalue weighted by Crippen LogP contribution is -2.26. The first-order chi connectivity index (χ1) is 9.75. The van der Waals surface area contributed by atoms with Gasteiger partial charge in [-0.25, -0.2) is 13.8 Å². The average Bonchev–Trinajstić information content (AvgIpc) is 2.81.